The van der Waals surface area contributed by atoms with E-state index < -0.39 is 6.04 Å². The molecule has 3 rings (SSSR count). The van der Waals surface area contributed by atoms with Crippen LogP contribution in [0.3, 0.4) is 0 Å². The first-order valence-corrected chi connectivity index (χ1v) is 12.4. The molecule has 1 aliphatic carbocycles. The maximum atomic E-state index is 13.2. The second kappa shape index (κ2) is 12.4. The number of hydrogen-bond donors (Lipinski definition) is 2. The smallest absolute Gasteiger partial charge is 0.251 e. The van der Waals surface area contributed by atoms with E-state index in [4.69, 9.17) is 4.74 Å². The third-order valence-electron chi connectivity index (χ3n) is 6.15. The summed E-state index contributed by atoms with van der Waals surface area (Å²) in [5.74, 6) is 0.681. The summed E-state index contributed by atoms with van der Waals surface area (Å²) in [7, 11) is 0. The Morgan fingerprint density at radius 2 is 1.82 bits per heavy atom. The van der Waals surface area contributed by atoms with Crippen LogP contribution in [0.15, 0.2) is 48.5 Å². The van der Waals surface area contributed by atoms with Crippen LogP contribution in [0.25, 0.3) is 0 Å². The van der Waals surface area contributed by atoms with Crippen LogP contribution >= 0.6 is 0 Å². The molecule has 2 aromatic carbocycles. The van der Waals surface area contributed by atoms with Crippen LogP contribution in [0, 0.1) is 5.92 Å². The van der Waals surface area contributed by atoms with E-state index in [-0.39, 0.29) is 23.8 Å². The standard InChI is InChI=1S/C28H38N2O3/c1-4-5-8-18-33-23-16-14-22(15-17-23)27(31)30-26(19-20(2)3)28(32)29-25-13-9-11-21-10-6-7-12-24(21)25/h6-7,10,12,14-17,20,25-26H,4-5,8-9,11,13,18-19H2,1-3H3,(H,29,32)(H,30,31). The van der Waals surface area contributed by atoms with Crippen LogP contribution in [0.4, 0.5) is 0 Å². The maximum absolute atomic E-state index is 13.2. The van der Waals surface area contributed by atoms with Crippen LogP contribution < -0.4 is 15.4 Å². The van der Waals surface area contributed by atoms with Gasteiger partial charge in [-0.3, -0.25) is 9.59 Å². The Hall–Kier alpha value is -2.82. The Morgan fingerprint density at radius 1 is 1.06 bits per heavy atom. The van der Waals surface area contributed by atoms with Crippen molar-refractivity contribution in [3.63, 3.8) is 0 Å². The third-order valence-corrected chi connectivity index (χ3v) is 6.15. The molecule has 0 spiro atoms. The van der Waals surface area contributed by atoms with E-state index in [9.17, 15) is 9.59 Å². The molecular weight excluding hydrogens is 412 g/mol. The minimum atomic E-state index is -0.573. The molecule has 0 aromatic heterocycles. The van der Waals surface area contributed by atoms with Gasteiger partial charge in [0.1, 0.15) is 11.8 Å². The average Bonchev–Trinajstić information content (AvgIpc) is 2.81. The molecule has 5 nitrogen and oxygen atoms in total. The van der Waals surface area contributed by atoms with E-state index in [2.05, 4.69) is 43.5 Å². The molecule has 2 N–H and O–H groups in total. The van der Waals surface area contributed by atoms with E-state index in [1.807, 2.05) is 24.3 Å². The average molecular weight is 451 g/mol. The Kier molecular flexibility index (Phi) is 9.35. The van der Waals surface area contributed by atoms with Crippen LogP contribution in [-0.2, 0) is 11.2 Å². The Morgan fingerprint density at radius 3 is 2.55 bits per heavy atom. The first kappa shape index (κ1) is 24.8. The van der Waals surface area contributed by atoms with Crippen molar-refractivity contribution in [1.82, 2.24) is 10.6 Å². The highest BCUT2D eigenvalue weighted by molar-refractivity contribution is 5.97. The van der Waals surface area contributed by atoms with Crippen LogP contribution in [0.2, 0.25) is 0 Å². The molecule has 0 saturated carbocycles. The lowest BCUT2D eigenvalue weighted by Crippen LogP contribution is -2.48. The summed E-state index contributed by atoms with van der Waals surface area (Å²) in [5.41, 5.74) is 3.03. The quantitative estimate of drug-likeness (QED) is 0.438. The van der Waals surface area contributed by atoms with Gasteiger partial charge < -0.3 is 15.4 Å². The lowest BCUT2D eigenvalue weighted by molar-refractivity contribution is -0.124. The molecule has 1 aliphatic rings. The molecule has 0 heterocycles. The monoisotopic (exact) mass is 450 g/mol. The fourth-order valence-electron chi connectivity index (χ4n) is 4.37. The number of hydrogen-bond acceptors (Lipinski definition) is 3. The lowest BCUT2D eigenvalue weighted by atomic mass is 9.87. The van der Waals surface area contributed by atoms with Gasteiger partial charge in [-0.15, -0.1) is 0 Å². The molecule has 33 heavy (non-hydrogen) atoms. The molecule has 2 atom stereocenters. The highest BCUT2D eigenvalue weighted by Gasteiger charge is 2.27. The SMILES string of the molecule is CCCCCOc1ccc(C(=O)NC(CC(C)C)C(=O)NC2CCCc3ccccc32)cc1. The second-order valence-corrected chi connectivity index (χ2v) is 9.39. The van der Waals surface area contributed by atoms with Gasteiger partial charge in [-0.25, -0.2) is 0 Å². The molecule has 0 radical (unpaired) electrons. The minimum absolute atomic E-state index is 0.00171. The third kappa shape index (κ3) is 7.34. The number of carbonyl (C=O) groups excluding carboxylic acids is 2. The molecule has 0 saturated heterocycles. The lowest BCUT2D eigenvalue weighted by Gasteiger charge is -2.29. The first-order chi connectivity index (χ1) is 16.0. The zero-order chi connectivity index (χ0) is 23.6. The number of amides is 2. The largest absolute Gasteiger partial charge is 0.494 e. The number of benzene rings is 2. The summed E-state index contributed by atoms with van der Waals surface area (Å²) < 4.78 is 5.73. The van der Waals surface area contributed by atoms with Crippen LogP contribution in [0.1, 0.15) is 86.8 Å². The molecular formula is C28H38N2O3. The zero-order valence-electron chi connectivity index (χ0n) is 20.2. The summed E-state index contributed by atoms with van der Waals surface area (Å²) in [4.78, 5) is 26.1. The van der Waals surface area contributed by atoms with E-state index in [1.54, 1.807) is 12.1 Å². The van der Waals surface area contributed by atoms with Crippen molar-refractivity contribution in [2.24, 2.45) is 5.92 Å². The van der Waals surface area contributed by atoms with Crippen molar-refractivity contribution < 1.29 is 14.3 Å². The van der Waals surface area contributed by atoms with Gasteiger partial charge in [-0.2, -0.15) is 0 Å². The number of fused-ring (bicyclic) bond motifs is 1. The highest BCUT2D eigenvalue weighted by atomic mass is 16.5. The van der Waals surface area contributed by atoms with Gasteiger partial charge in [0.25, 0.3) is 5.91 Å². The molecule has 2 aromatic rings. The summed E-state index contributed by atoms with van der Waals surface area (Å²) in [6, 6.07) is 14.9. The fourth-order valence-corrected chi connectivity index (χ4v) is 4.37. The molecule has 0 bridgehead atoms. The highest BCUT2D eigenvalue weighted by Crippen LogP contribution is 2.29. The van der Waals surface area contributed by atoms with Crippen LogP contribution in [-0.4, -0.2) is 24.5 Å². The number of ether oxygens (including phenoxy) is 1. The van der Waals surface area contributed by atoms with Gasteiger partial charge in [0.05, 0.1) is 12.6 Å². The van der Waals surface area contributed by atoms with Crippen molar-refractivity contribution in [2.75, 3.05) is 6.61 Å². The van der Waals surface area contributed by atoms with Crippen LogP contribution in [0.5, 0.6) is 5.75 Å². The predicted octanol–water partition coefficient (Wildman–Crippen LogP) is 5.59. The Balaban J connectivity index is 1.62. The number of unbranched alkanes of at least 4 members (excludes halogenated alkanes) is 2. The van der Waals surface area contributed by atoms with Gasteiger partial charge in [0.15, 0.2) is 0 Å². The van der Waals surface area contributed by atoms with Crippen molar-refractivity contribution in [3.05, 3.63) is 65.2 Å². The number of nitrogens with one attached hydrogen (secondary N) is 2. The molecule has 5 heteroatoms. The summed E-state index contributed by atoms with van der Waals surface area (Å²) in [5, 5.41) is 6.17. The topological polar surface area (TPSA) is 67.4 Å². The van der Waals surface area contributed by atoms with Gasteiger partial charge >= 0.3 is 0 Å². The summed E-state index contributed by atoms with van der Waals surface area (Å²) in [6.07, 6.45) is 6.93. The first-order valence-electron chi connectivity index (χ1n) is 12.4. The molecule has 2 amide bonds. The molecule has 178 valence electrons. The van der Waals surface area contributed by atoms with Gasteiger partial charge in [0.2, 0.25) is 5.91 Å². The number of carbonyl (C=O) groups is 2. The van der Waals surface area contributed by atoms with Crippen molar-refractivity contribution in [3.8, 4) is 5.75 Å². The van der Waals surface area contributed by atoms with E-state index in [1.165, 1.54) is 11.1 Å². The Labute approximate surface area is 198 Å². The van der Waals surface area contributed by atoms with Gasteiger partial charge in [-0.05, 0) is 73.4 Å². The summed E-state index contributed by atoms with van der Waals surface area (Å²) >= 11 is 0. The van der Waals surface area contributed by atoms with Crippen molar-refractivity contribution >= 4 is 11.8 Å². The van der Waals surface area contributed by atoms with Crippen molar-refractivity contribution in [1.29, 1.82) is 0 Å². The zero-order valence-corrected chi connectivity index (χ0v) is 20.2. The van der Waals surface area contributed by atoms with E-state index >= 15 is 0 Å². The molecule has 0 aliphatic heterocycles. The Bertz CT molecular complexity index is 908. The van der Waals surface area contributed by atoms with Gasteiger partial charge in [0, 0.05) is 5.56 Å². The fraction of sp³-hybridized carbons (Fsp3) is 0.500. The predicted molar refractivity (Wildman–Crippen MR) is 132 cm³/mol. The molecule has 2 unspecified atom stereocenters. The van der Waals surface area contributed by atoms with E-state index in [0.717, 1.165) is 44.3 Å². The summed E-state index contributed by atoms with van der Waals surface area (Å²) in [6.45, 7) is 6.97. The minimum Gasteiger partial charge on any atom is -0.494 e. The molecule has 0 fully saturated rings. The maximum Gasteiger partial charge on any atom is 0.251 e. The van der Waals surface area contributed by atoms with E-state index in [0.29, 0.717) is 18.6 Å². The normalized spacial score (nSPS) is 16.1. The number of aryl methyl sites for hydroxylation is 1. The second-order valence-electron chi connectivity index (χ2n) is 9.39. The van der Waals surface area contributed by atoms with Crippen molar-refractivity contribution in [2.45, 2.75) is 77.8 Å². The number of rotatable bonds is 11. The van der Waals surface area contributed by atoms with Gasteiger partial charge in [-0.1, -0.05) is 57.9 Å².